The highest BCUT2D eigenvalue weighted by Gasteiger charge is 2.45. The fourth-order valence-corrected chi connectivity index (χ4v) is 5.83. The molecule has 3 fully saturated rings. The summed E-state index contributed by atoms with van der Waals surface area (Å²) in [4.78, 5) is 19.9. The van der Waals surface area contributed by atoms with E-state index in [-0.39, 0.29) is 5.91 Å². The number of fused-ring (bicyclic) bond motifs is 5. The average Bonchev–Trinajstić information content (AvgIpc) is 3.12. The topological polar surface area (TPSA) is 61.7 Å². The first-order valence-electron chi connectivity index (χ1n) is 10.9. The van der Waals surface area contributed by atoms with Crippen molar-refractivity contribution in [3.05, 3.63) is 35.8 Å². The van der Waals surface area contributed by atoms with Crippen molar-refractivity contribution in [1.82, 2.24) is 24.9 Å². The van der Waals surface area contributed by atoms with Crippen LogP contribution in [0, 0.1) is 18.8 Å². The maximum atomic E-state index is 12.7. The van der Waals surface area contributed by atoms with Crippen LogP contribution >= 0.6 is 0 Å². The Labute approximate surface area is 166 Å². The summed E-state index contributed by atoms with van der Waals surface area (Å²) in [5.41, 5.74) is 3.02. The molecule has 0 saturated carbocycles. The number of hydrogen-bond acceptors (Lipinski definition) is 4. The van der Waals surface area contributed by atoms with Crippen molar-refractivity contribution >= 4 is 11.6 Å². The molecule has 0 aliphatic carbocycles. The Kier molecular flexibility index (Phi) is 4.85. The van der Waals surface area contributed by atoms with E-state index < -0.39 is 0 Å². The molecule has 28 heavy (non-hydrogen) atoms. The first kappa shape index (κ1) is 18.1. The second-order valence-corrected chi connectivity index (χ2v) is 8.90. The fraction of sp³-hybridized carbons (Fsp3) is 0.636. The molecule has 6 heteroatoms. The number of imidazole rings is 1. The molecular formula is C22H31N5O. The molecule has 0 unspecified atom stereocenters. The lowest BCUT2D eigenvalue weighted by Gasteiger charge is -2.55. The molecule has 0 radical (unpaired) electrons. The maximum absolute atomic E-state index is 12.7. The van der Waals surface area contributed by atoms with E-state index >= 15 is 0 Å². The lowest BCUT2D eigenvalue weighted by atomic mass is 9.73. The summed E-state index contributed by atoms with van der Waals surface area (Å²) in [5, 5.41) is 6.90. The van der Waals surface area contributed by atoms with Crippen molar-refractivity contribution in [1.29, 1.82) is 0 Å². The molecule has 3 saturated heterocycles. The van der Waals surface area contributed by atoms with Gasteiger partial charge in [-0.1, -0.05) is 12.5 Å². The van der Waals surface area contributed by atoms with E-state index in [9.17, 15) is 4.79 Å². The van der Waals surface area contributed by atoms with Gasteiger partial charge in [-0.3, -0.25) is 9.69 Å². The molecule has 0 spiro atoms. The third-order valence-electron chi connectivity index (χ3n) is 7.18. The van der Waals surface area contributed by atoms with Crippen molar-refractivity contribution < 1.29 is 4.79 Å². The third kappa shape index (κ3) is 3.22. The number of nitrogens with one attached hydrogen (secondary N) is 2. The van der Waals surface area contributed by atoms with Gasteiger partial charge < -0.3 is 15.0 Å². The lowest BCUT2D eigenvalue weighted by Crippen LogP contribution is -2.65. The van der Waals surface area contributed by atoms with Gasteiger partial charge in [-0.05, 0) is 69.3 Å². The van der Waals surface area contributed by atoms with E-state index in [0.717, 1.165) is 35.9 Å². The minimum Gasteiger partial charge on any atom is -0.354 e. The largest absolute Gasteiger partial charge is 0.354 e. The summed E-state index contributed by atoms with van der Waals surface area (Å²) < 4.78 is 2.03. The van der Waals surface area contributed by atoms with Gasteiger partial charge in [0.25, 0.3) is 0 Å². The number of aryl methyl sites for hydroxylation is 1. The number of amides is 1. The van der Waals surface area contributed by atoms with Gasteiger partial charge >= 0.3 is 0 Å². The van der Waals surface area contributed by atoms with Crippen LogP contribution in [0.1, 0.15) is 36.9 Å². The Hall–Kier alpha value is -1.92. The standard InChI is InChI=1S/C22H31N5O/c1-15-5-4-8-26-18(13-25-22(15)26)10-21(28)24-14-20-17-9-16(11-23-12-17)19-6-2-3-7-27(19)20/h4-5,8,13,16-17,19-20,23H,2-3,6-7,9-12,14H2,1H3,(H,24,28)/t16-,17+,19+,20+/m1/s1. The number of nitrogens with zero attached hydrogens (tertiary/aromatic N) is 3. The van der Waals surface area contributed by atoms with Gasteiger partial charge in [0.2, 0.25) is 5.91 Å². The van der Waals surface area contributed by atoms with E-state index in [2.05, 4.69) is 33.5 Å². The second-order valence-electron chi connectivity index (χ2n) is 8.90. The van der Waals surface area contributed by atoms with Crippen molar-refractivity contribution in [2.24, 2.45) is 11.8 Å². The van der Waals surface area contributed by atoms with Gasteiger partial charge in [0.05, 0.1) is 12.1 Å². The van der Waals surface area contributed by atoms with E-state index in [1.54, 1.807) is 0 Å². The number of hydrogen-bond donors (Lipinski definition) is 2. The van der Waals surface area contributed by atoms with Crippen LogP contribution in [-0.2, 0) is 11.2 Å². The van der Waals surface area contributed by atoms with Gasteiger partial charge in [-0.15, -0.1) is 0 Å². The monoisotopic (exact) mass is 381 g/mol. The third-order valence-corrected chi connectivity index (χ3v) is 7.18. The van der Waals surface area contributed by atoms with Crippen LogP contribution < -0.4 is 10.6 Å². The first-order valence-corrected chi connectivity index (χ1v) is 10.9. The smallest absolute Gasteiger partial charge is 0.226 e. The zero-order chi connectivity index (χ0) is 19.1. The minimum absolute atomic E-state index is 0.0998. The zero-order valence-corrected chi connectivity index (χ0v) is 16.7. The molecule has 5 rings (SSSR count). The van der Waals surface area contributed by atoms with Crippen LogP contribution in [0.5, 0.6) is 0 Å². The Bertz CT molecular complexity index is 862. The van der Waals surface area contributed by atoms with Crippen molar-refractivity contribution in [3.63, 3.8) is 0 Å². The summed E-state index contributed by atoms with van der Waals surface area (Å²) in [6, 6.07) is 5.25. The highest BCUT2D eigenvalue weighted by molar-refractivity contribution is 5.78. The summed E-state index contributed by atoms with van der Waals surface area (Å²) in [7, 11) is 0. The van der Waals surface area contributed by atoms with Gasteiger partial charge in [0.1, 0.15) is 5.65 Å². The number of piperidine rings is 3. The molecule has 2 N–H and O–H groups in total. The normalized spacial score (nSPS) is 30.2. The summed E-state index contributed by atoms with van der Waals surface area (Å²) in [6.45, 7) is 6.28. The van der Waals surface area contributed by atoms with Gasteiger partial charge in [-0.2, -0.15) is 0 Å². The first-order chi connectivity index (χ1) is 13.7. The number of pyridine rings is 1. The van der Waals surface area contributed by atoms with Gasteiger partial charge in [-0.25, -0.2) is 4.98 Å². The predicted molar refractivity (Wildman–Crippen MR) is 109 cm³/mol. The summed E-state index contributed by atoms with van der Waals surface area (Å²) in [5.74, 6) is 1.56. The lowest BCUT2D eigenvalue weighted by molar-refractivity contribution is -0.121. The predicted octanol–water partition coefficient (Wildman–Crippen LogP) is 1.76. The molecule has 3 aliphatic heterocycles. The molecular weight excluding hydrogens is 350 g/mol. The van der Waals surface area contributed by atoms with E-state index in [1.807, 2.05) is 22.9 Å². The number of carbonyl (C=O) groups is 1. The molecule has 0 aromatic carbocycles. The molecule has 150 valence electrons. The van der Waals surface area contributed by atoms with Crippen LogP contribution in [-0.4, -0.2) is 58.5 Å². The van der Waals surface area contributed by atoms with E-state index in [0.29, 0.717) is 24.4 Å². The van der Waals surface area contributed by atoms with Crippen molar-refractivity contribution in [3.8, 4) is 0 Å². The Morgan fingerprint density at radius 3 is 3.14 bits per heavy atom. The summed E-state index contributed by atoms with van der Waals surface area (Å²) >= 11 is 0. The van der Waals surface area contributed by atoms with Crippen LogP contribution in [0.15, 0.2) is 24.5 Å². The number of carbonyl (C=O) groups excluding carboxylic acids is 1. The quantitative estimate of drug-likeness (QED) is 0.847. The molecule has 2 bridgehead atoms. The van der Waals surface area contributed by atoms with Crippen LogP contribution in [0.2, 0.25) is 0 Å². The SMILES string of the molecule is Cc1cccn2c(CC(=O)NC[C@H]3[C@@H]4CNC[C@@H](C4)[C@@H]4CCCCN43)cnc12. The van der Waals surface area contributed by atoms with Crippen molar-refractivity contribution in [2.75, 3.05) is 26.2 Å². The number of aromatic nitrogens is 2. The molecule has 2 aromatic rings. The van der Waals surface area contributed by atoms with Gasteiger partial charge in [0, 0.05) is 31.0 Å². The van der Waals surface area contributed by atoms with E-state index in [1.165, 1.54) is 38.8 Å². The minimum atomic E-state index is 0.0998. The molecule has 4 atom stereocenters. The molecule has 3 aliphatic rings. The average molecular weight is 382 g/mol. The van der Waals surface area contributed by atoms with E-state index in [4.69, 9.17) is 0 Å². The van der Waals surface area contributed by atoms with Gasteiger partial charge in [0.15, 0.2) is 0 Å². The Morgan fingerprint density at radius 2 is 2.21 bits per heavy atom. The Morgan fingerprint density at radius 1 is 1.32 bits per heavy atom. The molecule has 1 amide bonds. The van der Waals surface area contributed by atoms with Crippen LogP contribution in [0.25, 0.3) is 5.65 Å². The summed E-state index contributed by atoms with van der Waals surface area (Å²) in [6.07, 6.45) is 9.51. The van der Waals surface area contributed by atoms with Crippen LogP contribution in [0.3, 0.4) is 0 Å². The van der Waals surface area contributed by atoms with Crippen molar-refractivity contribution in [2.45, 2.75) is 51.1 Å². The maximum Gasteiger partial charge on any atom is 0.226 e. The number of rotatable bonds is 4. The second kappa shape index (κ2) is 7.48. The molecule has 2 aromatic heterocycles. The highest BCUT2D eigenvalue weighted by atomic mass is 16.1. The Balaban J connectivity index is 1.26. The zero-order valence-electron chi connectivity index (χ0n) is 16.7. The fourth-order valence-electron chi connectivity index (χ4n) is 5.83. The van der Waals surface area contributed by atoms with Crippen LogP contribution in [0.4, 0.5) is 0 Å². The molecule has 6 nitrogen and oxygen atoms in total. The highest BCUT2D eigenvalue weighted by Crippen LogP contribution is 2.38. The molecule has 5 heterocycles.